The molecule has 0 saturated heterocycles. The number of thiophene rings is 1. The quantitative estimate of drug-likeness (QED) is 0.168. The molecule has 0 N–H and O–H groups in total. The monoisotopic (exact) mass is 803 g/mol. The smallest absolute Gasteiger partial charge is 0.160 e. The normalized spacial score (nSPS) is 13.9. The van der Waals surface area contributed by atoms with Crippen molar-refractivity contribution in [3.8, 4) is 33.8 Å². The van der Waals surface area contributed by atoms with E-state index in [2.05, 4.69) is 177 Å². The van der Waals surface area contributed by atoms with Crippen LogP contribution in [0, 0.1) is 6.92 Å². The molecule has 2 aliphatic rings. The van der Waals surface area contributed by atoms with Crippen molar-refractivity contribution < 1.29 is 4.42 Å². The van der Waals surface area contributed by atoms with E-state index in [0.717, 1.165) is 85.7 Å². The van der Waals surface area contributed by atoms with Crippen molar-refractivity contribution in [3.63, 3.8) is 0 Å². The molecule has 0 amide bonds. The number of anilines is 3. The van der Waals surface area contributed by atoms with Crippen LogP contribution in [-0.4, -0.2) is 9.97 Å². The Morgan fingerprint density at radius 1 is 0.574 bits per heavy atom. The maximum Gasteiger partial charge on any atom is 0.160 e. The lowest BCUT2D eigenvalue weighted by Gasteiger charge is -2.28. The Bertz CT molecular complexity index is 3530. The van der Waals surface area contributed by atoms with Crippen LogP contribution in [0.4, 0.5) is 17.1 Å². The van der Waals surface area contributed by atoms with Crippen molar-refractivity contribution >= 4 is 72.1 Å². The van der Waals surface area contributed by atoms with E-state index in [1.165, 1.54) is 47.7 Å². The number of rotatable bonds is 6. The second-order valence-corrected chi connectivity index (χ2v) is 17.9. The summed E-state index contributed by atoms with van der Waals surface area (Å²) >= 11 is 1.88. The Balaban J connectivity index is 1.03. The summed E-state index contributed by atoms with van der Waals surface area (Å²) in [5.41, 5.74) is 16.8. The van der Waals surface area contributed by atoms with Crippen LogP contribution in [0.15, 0.2) is 168 Å². The van der Waals surface area contributed by atoms with E-state index in [-0.39, 0.29) is 5.41 Å². The van der Waals surface area contributed by atoms with Crippen LogP contribution >= 0.6 is 11.3 Å². The third-order valence-electron chi connectivity index (χ3n) is 12.9. The number of nitrogens with zero attached hydrogens (tertiary/aromatic N) is 3. The lowest BCUT2D eigenvalue weighted by atomic mass is 9.82. The minimum Gasteiger partial charge on any atom is -0.456 e. The minimum atomic E-state index is -0.0946. The summed E-state index contributed by atoms with van der Waals surface area (Å²) < 4.78 is 8.94. The van der Waals surface area contributed by atoms with Gasteiger partial charge in [-0.25, -0.2) is 9.97 Å². The van der Waals surface area contributed by atoms with Crippen molar-refractivity contribution in [1.29, 1.82) is 0 Å². The topological polar surface area (TPSA) is 42.2 Å². The van der Waals surface area contributed by atoms with Crippen LogP contribution in [0.1, 0.15) is 49.1 Å². The number of aromatic nitrogens is 2. The number of fused-ring (bicyclic) bond motifs is 9. The lowest BCUT2D eigenvalue weighted by molar-refractivity contribution is 0.660. The lowest BCUT2D eigenvalue weighted by Crippen LogP contribution is -2.26. The standard InChI is InChI=1S/C56H41N3OS/c1-34-53(36-25-28-43-42-20-11-13-23-48(42)60-49(43)31-36)57-55(35-15-6-4-7-16-35)58-54(34)45-21-14-24-50-52(45)44-30-27-39(33-51(44)61-50)59(37-17-8-5-9-18-37)38-26-29-41-40-19-10-12-22-46(40)56(2,3)47(41)32-38/h4-13,15-20,22-33H,14,21H2,1-3H3. The minimum absolute atomic E-state index is 0.0946. The number of hydrogen-bond acceptors (Lipinski definition) is 5. The maximum absolute atomic E-state index is 6.37. The van der Waals surface area contributed by atoms with Crippen molar-refractivity contribution in [2.45, 2.75) is 39.0 Å². The predicted octanol–water partition coefficient (Wildman–Crippen LogP) is 13.8. The van der Waals surface area contributed by atoms with Crippen molar-refractivity contribution in [1.82, 2.24) is 9.97 Å². The first-order chi connectivity index (χ1) is 29.9. The summed E-state index contributed by atoms with van der Waals surface area (Å²) in [6, 6.07) is 58.8. The average molecular weight is 804 g/mol. The Labute approximate surface area is 358 Å². The molecular weight excluding hydrogens is 763 g/mol. The maximum atomic E-state index is 6.37. The van der Waals surface area contributed by atoms with E-state index in [0.29, 0.717) is 0 Å². The number of hydrogen-bond donors (Lipinski definition) is 0. The highest BCUT2D eigenvalue weighted by atomic mass is 32.1. The van der Waals surface area contributed by atoms with E-state index in [4.69, 9.17) is 14.4 Å². The third-order valence-corrected chi connectivity index (χ3v) is 14.1. The van der Waals surface area contributed by atoms with Gasteiger partial charge in [-0.1, -0.05) is 129 Å². The summed E-state index contributed by atoms with van der Waals surface area (Å²) in [5.74, 6) is 0.727. The molecule has 0 fully saturated rings. The summed E-state index contributed by atoms with van der Waals surface area (Å²) in [6.45, 7) is 6.89. The molecule has 0 atom stereocenters. The second-order valence-electron chi connectivity index (χ2n) is 16.9. The molecule has 292 valence electrons. The first-order valence-electron chi connectivity index (χ1n) is 21.1. The van der Waals surface area contributed by atoms with Gasteiger partial charge in [0.05, 0.1) is 11.4 Å². The molecule has 0 radical (unpaired) electrons. The van der Waals surface area contributed by atoms with Gasteiger partial charge in [0.15, 0.2) is 5.82 Å². The molecule has 3 aromatic heterocycles. The largest absolute Gasteiger partial charge is 0.456 e. The van der Waals surface area contributed by atoms with Crippen LogP contribution in [0.5, 0.6) is 0 Å². The molecule has 2 aliphatic carbocycles. The molecule has 5 heteroatoms. The van der Waals surface area contributed by atoms with Crippen LogP contribution in [0.2, 0.25) is 0 Å². The van der Waals surface area contributed by atoms with Gasteiger partial charge in [-0.3, -0.25) is 0 Å². The summed E-state index contributed by atoms with van der Waals surface area (Å²) in [4.78, 5) is 13.1. The molecule has 0 saturated carbocycles. The molecule has 0 unspecified atom stereocenters. The highest BCUT2D eigenvalue weighted by Gasteiger charge is 2.36. The molecular formula is C56H41N3OS. The van der Waals surface area contributed by atoms with E-state index in [1.807, 2.05) is 29.5 Å². The molecule has 10 aromatic rings. The summed E-state index contributed by atoms with van der Waals surface area (Å²) in [5, 5.41) is 4.78. The fraction of sp³-hybridized carbons (Fsp3) is 0.107. The second kappa shape index (κ2) is 13.7. The molecule has 12 rings (SSSR count). The average Bonchev–Trinajstić information content (AvgIpc) is 3.94. The molecule has 7 aromatic carbocycles. The van der Waals surface area contributed by atoms with Gasteiger partial charge >= 0.3 is 0 Å². The molecule has 3 heterocycles. The fourth-order valence-corrected chi connectivity index (χ4v) is 11.2. The Morgan fingerprint density at radius 2 is 1.26 bits per heavy atom. The fourth-order valence-electron chi connectivity index (χ4n) is 9.94. The third kappa shape index (κ3) is 5.64. The van der Waals surface area contributed by atoms with Gasteiger partial charge < -0.3 is 9.32 Å². The highest BCUT2D eigenvalue weighted by Crippen LogP contribution is 2.50. The van der Waals surface area contributed by atoms with Gasteiger partial charge in [-0.15, -0.1) is 11.3 Å². The summed E-state index contributed by atoms with van der Waals surface area (Å²) in [6.07, 6.45) is 4.28. The zero-order valence-corrected chi connectivity index (χ0v) is 35.1. The van der Waals surface area contributed by atoms with Gasteiger partial charge in [-0.2, -0.15) is 0 Å². The zero-order valence-electron chi connectivity index (χ0n) is 34.2. The van der Waals surface area contributed by atoms with E-state index < -0.39 is 0 Å². The molecule has 4 nitrogen and oxygen atoms in total. The number of benzene rings is 7. The van der Waals surface area contributed by atoms with Crippen LogP contribution < -0.4 is 14.7 Å². The van der Waals surface area contributed by atoms with Crippen LogP contribution in [-0.2, 0) is 5.41 Å². The van der Waals surface area contributed by atoms with Crippen molar-refractivity contribution in [2.24, 2.45) is 0 Å². The zero-order chi connectivity index (χ0) is 40.8. The van der Waals surface area contributed by atoms with E-state index in [9.17, 15) is 0 Å². The number of para-hydroxylation sites is 2. The van der Waals surface area contributed by atoms with Crippen LogP contribution in [0.3, 0.4) is 0 Å². The number of furan rings is 1. The van der Waals surface area contributed by atoms with Crippen molar-refractivity contribution in [2.75, 3.05) is 4.90 Å². The molecule has 0 spiro atoms. The van der Waals surface area contributed by atoms with Gasteiger partial charge in [0.2, 0.25) is 0 Å². The SMILES string of the molecule is Cc1c(C2=c3c(sc4cc(N(c5ccccc5)c5ccc6c(c5)C(C)(C)c5ccccc5-6)ccc34)=CCC2)nc(-c2ccccc2)nc1-c1ccc2c(c1)oc1ccccc12. The molecule has 0 aliphatic heterocycles. The Kier molecular flexibility index (Phi) is 8.07. The summed E-state index contributed by atoms with van der Waals surface area (Å²) in [7, 11) is 0. The van der Waals surface area contributed by atoms with E-state index >= 15 is 0 Å². The van der Waals surface area contributed by atoms with Gasteiger partial charge in [0.1, 0.15) is 11.2 Å². The van der Waals surface area contributed by atoms with Gasteiger partial charge in [0, 0.05) is 69.8 Å². The van der Waals surface area contributed by atoms with E-state index in [1.54, 1.807) is 0 Å². The van der Waals surface area contributed by atoms with Crippen LogP contribution in [0.25, 0.3) is 77.4 Å². The van der Waals surface area contributed by atoms with Gasteiger partial charge in [-0.05, 0) is 102 Å². The Hall–Kier alpha value is -7.08. The first-order valence-corrected chi connectivity index (χ1v) is 21.9. The predicted molar refractivity (Wildman–Crippen MR) is 254 cm³/mol. The highest BCUT2D eigenvalue weighted by molar-refractivity contribution is 7.17. The van der Waals surface area contributed by atoms with Gasteiger partial charge in [0.25, 0.3) is 0 Å². The first kappa shape index (κ1) is 35.8. The van der Waals surface area contributed by atoms with Crippen molar-refractivity contribution in [3.05, 3.63) is 196 Å². The Morgan fingerprint density at radius 3 is 2.13 bits per heavy atom. The molecule has 0 bridgehead atoms. The molecule has 61 heavy (non-hydrogen) atoms.